The molecule has 1 heterocycles. The number of carbonyl (C=O) groups excluding carboxylic acids is 1. The van der Waals surface area contributed by atoms with Crippen LogP contribution in [0.1, 0.15) is 18.5 Å². The van der Waals surface area contributed by atoms with E-state index in [1.165, 1.54) is 17.1 Å². The molecule has 2 rings (SSSR count). The molecule has 0 fully saturated rings. The van der Waals surface area contributed by atoms with E-state index in [0.29, 0.717) is 5.56 Å². The molecule has 7 heteroatoms. The van der Waals surface area contributed by atoms with Crippen LogP contribution in [0, 0.1) is 5.82 Å². The average Bonchev–Trinajstić information content (AvgIpc) is 2.74. The van der Waals surface area contributed by atoms with Crippen molar-refractivity contribution in [2.24, 2.45) is 0 Å². The molecule has 0 saturated carbocycles. The molecule has 0 saturated heterocycles. The second-order valence-electron chi connectivity index (χ2n) is 4.11. The third-order valence-electron chi connectivity index (χ3n) is 2.61. The van der Waals surface area contributed by atoms with Crippen molar-refractivity contribution >= 4 is 11.9 Å². The summed E-state index contributed by atoms with van der Waals surface area (Å²) in [5.74, 6) is -0.532. The van der Waals surface area contributed by atoms with Crippen LogP contribution >= 0.6 is 0 Å². The minimum Gasteiger partial charge on any atom is -0.367 e. The van der Waals surface area contributed by atoms with Crippen LogP contribution in [0.25, 0.3) is 0 Å². The molecular formula is C12H14FN5O. The fourth-order valence-electron chi connectivity index (χ4n) is 1.72. The summed E-state index contributed by atoms with van der Waals surface area (Å²) in [5, 5.41) is 6.48. The van der Waals surface area contributed by atoms with Crippen molar-refractivity contribution < 1.29 is 9.18 Å². The molecule has 100 valence electrons. The van der Waals surface area contributed by atoms with E-state index < -0.39 is 6.04 Å². The number of carbonyl (C=O) groups is 1. The van der Waals surface area contributed by atoms with Crippen LogP contribution in [-0.4, -0.2) is 20.7 Å². The Hall–Kier alpha value is -2.44. The Morgan fingerprint density at radius 3 is 2.89 bits per heavy atom. The fraction of sp³-hybridized carbons (Fsp3) is 0.250. The number of anilines is 1. The maximum Gasteiger partial charge on any atom is 0.242 e. The van der Waals surface area contributed by atoms with Gasteiger partial charge in [0.1, 0.15) is 18.7 Å². The highest BCUT2D eigenvalue weighted by molar-refractivity contribution is 5.76. The van der Waals surface area contributed by atoms with Crippen LogP contribution in [0.3, 0.4) is 0 Å². The number of aromatic nitrogens is 3. The third-order valence-corrected chi connectivity index (χ3v) is 2.61. The molecule has 1 atom stereocenters. The molecule has 0 aliphatic carbocycles. The van der Waals surface area contributed by atoms with Crippen LogP contribution < -0.4 is 11.1 Å². The predicted molar refractivity (Wildman–Crippen MR) is 67.4 cm³/mol. The lowest BCUT2D eigenvalue weighted by atomic mass is 10.1. The van der Waals surface area contributed by atoms with Crippen molar-refractivity contribution in [3.63, 3.8) is 0 Å². The molecule has 1 aromatic heterocycles. The molecule has 6 nitrogen and oxygen atoms in total. The number of nitrogens with one attached hydrogen (secondary N) is 1. The number of nitrogens with two attached hydrogens (primary N) is 1. The summed E-state index contributed by atoms with van der Waals surface area (Å²) in [4.78, 5) is 15.5. The van der Waals surface area contributed by atoms with Gasteiger partial charge >= 0.3 is 0 Å². The molecule has 1 aromatic carbocycles. The SMILES string of the molecule is CC(NC(=O)Cn1cnc(N)n1)c1ccccc1F. The van der Waals surface area contributed by atoms with E-state index in [2.05, 4.69) is 15.4 Å². The normalized spacial score (nSPS) is 12.1. The van der Waals surface area contributed by atoms with E-state index >= 15 is 0 Å². The highest BCUT2D eigenvalue weighted by atomic mass is 19.1. The van der Waals surface area contributed by atoms with Crippen molar-refractivity contribution in [3.8, 4) is 0 Å². The Bertz CT molecular complexity index is 583. The van der Waals surface area contributed by atoms with Gasteiger partial charge in [0.05, 0.1) is 6.04 Å². The molecule has 2 aromatic rings. The molecular weight excluding hydrogens is 249 g/mol. The summed E-state index contributed by atoms with van der Waals surface area (Å²) in [6.07, 6.45) is 1.36. The van der Waals surface area contributed by atoms with Gasteiger partial charge in [-0.3, -0.25) is 4.79 Å². The summed E-state index contributed by atoms with van der Waals surface area (Å²) in [6.45, 7) is 1.70. The lowest BCUT2D eigenvalue weighted by molar-refractivity contribution is -0.122. The van der Waals surface area contributed by atoms with Gasteiger partial charge in [-0.2, -0.15) is 0 Å². The highest BCUT2D eigenvalue weighted by Crippen LogP contribution is 2.15. The molecule has 1 amide bonds. The minimum absolute atomic E-state index is 0.0109. The average molecular weight is 263 g/mol. The van der Waals surface area contributed by atoms with Crippen LogP contribution in [0.15, 0.2) is 30.6 Å². The first-order valence-corrected chi connectivity index (χ1v) is 5.75. The first kappa shape index (κ1) is 13.0. The maximum absolute atomic E-state index is 13.5. The number of benzene rings is 1. The topological polar surface area (TPSA) is 85.8 Å². The second-order valence-corrected chi connectivity index (χ2v) is 4.11. The van der Waals surface area contributed by atoms with Crippen molar-refractivity contribution in [1.29, 1.82) is 0 Å². The summed E-state index contributed by atoms with van der Waals surface area (Å²) in [5.41, 5.74) is 5.78. The van der Waals surface area contributed by atoms with Crippen molar-refractivity contribution in [2.45, 2.75) is 19.5 Å². The highest BCUT2D eigenvalue weighted by Gasteiger charge is 2.13. The Labute approximate surface area is 109 Å². The zero-order valence-electron chi connectivity index (χ0n) is 10.4. The summed E-state index contributed by atoms with van der Waals surface area (Å²) in [7, 11) is 0. The van der Waals surface area contributed by atoms with Gasteiger partial charge in [0.25, 0.3) is 0 Å². The van der Waals surface area contributed by atoms with Gasteiger partial charge in [-0.1, -0.05) is 18.2 Å². The van der Waals surface area contributed by atoms with Gasteiger partial charge in [-0.25, -0.2) is 14.1 Å². The number of nitrogens with zero attached hydrogens (tertiary/aromatic N) is 3. The summed E-state index contributed by atoms with van der Waals surface area (Å²) in [6, 6.07) is 5.89. The second kappa shape index (κ2) is 5.47. The molecule has 0 spiro atoms. The lowest BCUT2D eigenvalue weighted by Crippen LogP contribution is -2.30. The number of hydrogen-bond acceptors (Lipinski definition) is 4. The number of amides is 1. The molecule has 0 aliphatic heterocycles. The zero-order valence-corrected chi connectivity index (χ0v) is 10.4. The van der Waals surface area contributed by atoms with Crippen molar-refractivity contribution in [3.05, 3.63) is 42.0 Å². The minimum atomic E-state index is -0.422. The van der Waals surface area contributed by atoms with E-state index in [1.54, 1.807) is 25.1 Å². The van der Waals surface area contributed by atoms with Crippen molar-refractivity contribution in [1.82, 2.24) is 20.1 Å². The Balaban J connectivity index is 1.97. The third kappa shape index (κ3) is 3.27. The molecule has 19 heavy (non-hydrogen) atoms. The maximum atomic E-state index is 13.5. The Morgan fingerprint density at radius 1 is 1.53 bits per heavy atom. The van der Waals surface area contributed by atoms with Crippen molar-refractivity contribution in [2.75, 3.05) is 5.73 Å². The number of rotatable bonds is 4. The van der Waals surface area contributed by atoms with E-state index in [1.807, 2.05) is 0 Å². The number of hydrogen-bond donors (Lipinski definition) is 2. The van der Waals surface area contributed by atoms with Gasteiger partial charge in [0.15, 0.2) is 0 Å². The fourth-order valence-corrected chi connectivity index (χ4v) is 1.72. The van der Waals surface area contributed by atoms with E-state index in [-0.39, 0.29) is 24.2 Å². The molecule has 3 N–H and O–H groups in total. The molecule has 0 bridgehead atoms. The Morgan fingerprint density at radius 2 is 2.26 bits per heavy atom. The smallest absolute Gasteiger partial charge is 0.242 e. The van der Waals surface area contributed by atoms with Crippen LogP contribution in [0.4, 0.5) is 10.3 Å². The number of nitrogen functional groups attached to an aromatic ring is 1. The molecule has 0 radical (unpaired) electrons. The van der Waals surface area contributed by atoms with Crippen LogP contribution in [0.5, 0.6) is 0 Å². The van der Waals surface area contributed by atoms with Crippen LogP contribution in [0.2, 0.25) is 0 Å². The first-order valence-electron chi connectivity index (χ1n) is 5.75. The zero-order chi connectivity index (χ0) is 13.8. The van der Waals surface area contributed by atoms with Gasteiger partial charge < -0.3 is 11.1 Å². The monoisotopic (exact) mass is 263 g/mol. The van der Waals surface area contributed by atoms with Gasteiger partial charge in [0, 0.05) is 5.56 Å². The standard InChI is InChI=1S/C12H14FN5O/c1-8(9-4-2-3-5-10(9)13)16-11(19)6-18-7-15-12(14)17-18/h2-5,7-8H,6H2,1H3,(H2,14,17)(H,16,19). The quantitative estimate of drug-likeness (QED) is 0.857. The van der Waals surface area contributed by atoms with E-state index in [9.17, 15) is 9.18 Å². The van der Waals surface area contributed by atoms with E-state index in [0.717, 1.165) is 0 Å². The predicted octanol–water partition coefficient (Wildman–Crippen LogP) is 0.877. The largest absolute Gasteiger partial charge is 0.367 e. The van der Waals surface area contributed by atoms with E-state index in [4.69, 9.17) is 5.73 Å². The summed E-state index contributed by atoms with van der Waals surface area (Å²) < 4.78 is 14.8. The Kier molecular flexibility index (Phi) is 3.74. The first-order chi connectivity index (χ1) is 9.06. The van der Waals surface area contributed by atoms with Gasteiger partial charge in [0.2, 0.25) is 11.9 Å². The van der Waals surface area contributed by atoms with Gasteiger partial charge in [-0.05, 0) is 13.0 Å². The van der Waals surface area contributed by atoms with Crippen LogP contribution in [-0.2, 0) is 11.3 Å². The molecule has 0 aliphatic rings. The molecule has 1 unspecified atom stereocenters. The summed E-state index contributed by atoms with van der Waals surface area (Å²) >= 11 is 0. The van der Waals surface area contributed by atoms with Gasteiger partial charge in [-0.15, -0.1) is 5.10 Å². The lowest BCUT2D eigenvalue weighted by Gasteiger charge is -2.14. The number of halogens is 1.